The van der Waals surface area contributed by atoms with Gasteiger partial charge in [-0.25, -0.2) is 0 Å². The molecule has 0 radical (unpaired) electrons. The van der Waals surface area contributed by atoms with Crippen LogP contribution in [0.4, 0.5) is 0 Å². The molecule has 4 aromatic carbocycles. The zero-order chi connectivity index (χ0) is 25.2. The second-order valence-corrected chi connectivity index (χ2v) is 15.5. The van der Waals surface area contributed by atoms with Gasteiger partial charge in [0.25, 0.3) is 0 Å². The molecule has 2 nitrogen and oxygen atoms in total. The molecule has 0 saturated heterocycles. The molecule has 6 rings (SSSR count). The Morgan fingerprint density at radius 3 is 1.70 bits per heavy atom. The van der Waals surface area contributed by atoms with Gasteiger partial charge in [0.2, 0.25) is 0 Å². The minimum atomic E-state index is -0.594. The molecule has 5 heteroatoms. The molecule has 3 atom stereocenters. The number of rotatable bonds is 6. The monoisotopic (exact) mass is 538 g/mol. The predicted octanol–water partition coefficient (Wildman–Crippen LogP) is 9.57. The van der Waals surface area contributed by atoms with Gasteiger partial charge in [0.05, 0.1) is 19.4 Å². The van der Waals surface area contributed by atoms with Gasteiger partial charge in [-0.2, -0.15) is 0 Å². The summed E-state index contributed by atoms with van der Waals surface area (Å²) in [6.45, 7) is 0. The molecule has 0 spiro atoms. The van der Waals surface area contributed by atoms with Crippen LogP contribution < -0.4 is 9.47 Å². The summed E-state index contributed by atoms with van der Waals surface area (Å²) in [7, 11) is 3.45. The quantitative estimate of drug-likeness (QED) is 0.227. The van der Waals surface area contributed by atoms with E-state index in [1.54, 1.807) is 14.2 Å². The third kappa shape index (κ3) is 4.52. The Balaban J connectivity index is 1.58. The Hall–Kier alpha value is -2.91. The highest BCUT2D eigenvalue weighted by Gasteiger charge is 2.53. The van der Waals surface area contributed by atoms with E-state index in [0.29, 0.717) is 0 Å². The molecular weight excluding hydrogens is 511 g/mol. The van der Waals surface area contributed by atoms with Gasteiger partial charge in [-0.1, -0.05) is 120 Å². The van der Waals surface area contributed by atoms with E-state index >= 15 is 0 Å². The molecular formula is C32H27O2PS2. The van der Waals surface area contributed by atoms with Crippen molar-refractivity contribution in [2.24, 2.45) is 0 Å². The first-order valence-corrected chi connectivity index (χ1v) is 16.4. The summed E-state index contributed by atoms with van der Waals surface area (Å²) in [5.74, 6) is 1.93. The number of ether oxygens (including phenoxy) is 2. The lowest BCUT2D eigenvalue weighted by Gasteiger charge is -2.43. The van der Waals surface area contributed by atoms with E-state index in [1.807, 2.05) is 22.8 Å². The molecule has 0 aliphatic carbocycles. The van der Waals surface area contributed by atoms with Crippen LogP contribution in [-0.2, 0) is 5.16 Å². The maximum Gasteiger partial charge on any atom is 0.118 e. The van der Waals surface area contributed by atoms with E-state index in [0.717, 1.165) is 11.5 Å². The van der Waals surface area contributed by atoms with Crippen LogP contribution in [0.25, 0.3) is 9.81 Å². The maximum absolute atomic E-state index is 5.52. The molecule has 0 N–H and O–H groups in total. The summed E-state index contributed by atoms with van der Waals surface area (Å²) in [6.07, 6.45) is 4.46. The Morgan fingerprint density at radius 2 is 1.14 bits per heavy atom. The minimum absolute atomic E-state index is 0.170. The van der Waals surface area contributed by atoms with E-state index < -0.39 is 6.33 Å². The fraction of sp³-hybridized carbons (Fsp3) is 0.125. The standard InChI is InChI=1S/C32H27O2PS2/c1-33-27-17-13-23(14-18-27)29-21-30(24-9-5-3-6-10-24)36-35-32(29,26-15-19-28(34-2)20-16-26)22-31(37-35)25-11-7-4-8-12-25/h3-22,29H,1-2H3. The number of hydrogen-bond donors (Lipinski definition) is 0. The Labute approximate surface area is 228 Å². The third-order valence-corrected chi connectivity index (χ3v) is 15.0. The summed E-state index contributed by atoms with van der Waals surface area (Å²) >= 11 is 4.09. The fourth-order valence-electron chi connectivity index (χ4n) is 5.02. The van der Waals surface area contributed by atoms with Gasteiger partial charge in [0.1, 0.15) is 11.5 Å². The Kier molecular flexibility index (Phi) is 6.90. The number of fused-ring (bicyclic) bond motifs is 1. The van der Waals surface area contributed by atoms with Crippen molar-refractivity contribution < 1.29 is 9.47 Å². The molecule has 0 bridgehead atoms. The van der Waals surface area contributed by atoms with Crippen molar-refractivity contribution in [3.8, 4) is 11.5 Å². The van der Waals surface area contributed by atoms with Crippen LogP contribution >= 0.6 is 29.1 Å². The molecule has 2 aliphatic rings. The topological polar surface area (TPSA) is 18.5 Å². The van der Waals surface area contributed by atoms with E-state index in [1.165, 1.54) is 32.1 Å². The first-order chi connectivity index (χ1) is 18.2. The van der Waals surface area contributed by atoms with Crippen LogP contribution in [-0.4, -0.2) is 14.2 Å². The van der Waals surface area contributed by atoms with Gasteiger partial charge in [0, 0.05) is 22.1 Å². The van der Waals surface area contributed by atoms with Crippen LogP contribution in [0.1, 0.15) is 28.2 Å². The Morgan fingerprint density at radius 1 is 0.622 bits per heavy atom. The van der Waals surface area contributed by atoms with E-state index in [2.05, 4.69) is 121 Å². The summed E-state index contributed by atoms with van der Waals surface area (Å²) < 4.78 is 11.0. The summed E-state index contributed by atoms with van der Waals surface area (Å²) in [6, 6.07) is 39.0. The van der Waals surface area contributed by atoms with Crippen molar-refractivity contribution in [2.75, 3.05) is 14.2 Å². The highest BCUT2D eigenvalue weighted by atomic mass is 33.1. The van der Waals surface area contributed by atoms with Crippen LogP contribution in [0, 0.1) is 0 Å². The van der Waals surface area contributed by atoms with Crippen molar-refractivity contribution in [3.05, 3.63) is 144 Å². The molecule has 2 aliphatic heterocycles. The molecule has 2 heterocycles. The first-order valence-electron chi connectivity index (χ1n) is 12.2. The molecule has 0 fully saturated rings. The molecule has 3 unspecified atom stereocenters. The first kappa shape index (κ1) is 24.4. The van der Waals surface area contributed by atoms with Gasteiger partial charge >= 0.3 is 0 Å². The average molecular weight is 539 g/mol. The van der Waals surface area contributed by atoms with Crippen molar-refractivity contribution in [1.82, 2.24) is 0 Å². The molecule has 0 amide bonds. The predicted molar refractivity (Wildman–Crippen MR) is 161 cm³/mol. The molecule has 184 valence electrons. The third-order valence-electron chi connectivity index (χ3n) is 6.95. The van der Waals surface area contributed by atoms with Crippen LogP contribution in [0.3, 0.4) is 0 Å². The van der Waals surface area contributed by atoms with Crippen molar-refractivity contribution in [1.29, 1.82) is 0 Å². The van der Waals surface area contributed by atoms with Gasteiger partial charge < -0.3 is 9.47 Å². The highest BCUT2D eigenvalue weighted by molar-refractivity contribution is 8.92. The van der Waals surface area contributed by atoms with Crippen LogP contribution in [0.15, 0.2) is 121 Å². The lowest BCUT2D eigenvalue weighted by molar-refractivity contribution is 0.414. The second-order valence-electron chi connectivity index (χ2n) is 9.02. The molecule has 0 saturated carbocycles. The lowest BCUT2D eigenvalue weighted by atomic mass is 9.79. The number of benzene rings is 4. The summed E-state index contributed by atoms with van der Waals surface area (Å²) in [5.41, 5.74) is 5.19. The van der Waals surface area contributed by atoms with Gasteiger partial charge in [0.15, 0.2) is 0 Å². The summed E-state index contributed by atoms with van der Waals surface area (Å²) in [5, 5.41) is -0.172. The van der Waals surface area contributed by atoms with Crippen molar-refractivity contribution in [3.63, 3.8) is 0 Å². The minimum Gasteiger partial charge on any atom is -0.497 e. The highest BCUT2D eigenvalue weighted by Crippen LogP contribution is 2.87. The fourth-order valence-corrected chi connectivity index (χ4v) is 14.2. The molecule has 4 aromatic rings. The zero-order valence-electron chi connectivity index (χ0n) is 20.7. The van der Waals surface area contributed by atoms with Crippen LogP contribution in [0.5, 0.6) is 11.5 Å². The van der Waals surface area contributed by atoms with E-state index in [4.69, 9.17) is 9.47 Å². The lowest BCUT2D eigenvalue weighted by Crippen LogP contribution is -2.28. The van der Waals surface area contributed by atoms with Crippen LogP contribution in [0.2, 0.25) is 0 Å². The van der Waals surface area contributed by atoms with E-state index in [-0.39, 0.29) is 11.1 Å². The Bertz CT molecular complexity index is 1400. The van der Waals surface area contributed by atoms with Gasteiger partial charge in [-0.05, 0) is 46.5 Å². The van der Waals surface area contributed by atoms with Gasteiger partial charge in [-0.15, -0.1) is 0 Å². The average Bonchev–Trinajstić information content (AvgIpc) is 3.38. The number of allylic oxidation sites excluding steroid dienone is 2. The van der Waals surface area contributed by atoms with Gasteiger partial charge in [-0.3, -0.25) is 0 Å². The largest absolute Gasteiger partial charge is 0.497 e. The van der Waals surface area contributed by atoms with Crippen molar-refractivity contribution >= 4 is 38.9 Å². The summed E-state index contributed by atoms with van der Waals surface area (Å²) in [4.78, 5) is 2.71. The smallest absolute Gasteiger partial charge is 0.118 e. The zero-order valence-corrected chi connectivity index (χ0v) is 23.2. The van der Waals surface area contributed by atoms with Crippen molar-refractivity contribution in [2.45, 2.75) is 11.1 Å². The SMILES string of the molecule is COc1ccc(C2C=C(c3ccccc3)SP3SC(c4ccccc4)=CC23c2ccc(OC)cc2)cc1. The number of methoxy groups -OCH3 is 2. The number of hydrogen-bond acceptors (Lipinski definition) is 4. The maximum atomic E-state index is 5.52. The van der Waals surface area contributed by atoms with E-state index in [9.17, 15) is 0 Å². The second kappa shape index (κ2) is 10.5. The molecule has 37 heavy (non-hydrogen) atoms. The molecule has 0 aromatic heterocycles. The normalized spacial score (nSPS) is 22.5.